The van der Waals surface area contributed by atoms with E-state index in [1.54, 1.807) is 0 Å². The first-order valence-electron chi connectivity index (χ1n) is 8.41. The number of nitrogens with zero attached hydrogens (tertiary/aromatic N) is 1. The number of likely N-dealkylation sites (tertiary alicyclic amines) is 1. The summed E-state index contributed by atoms with van der Waals surface area (Å²) in [6.07, 6.45) is 3.22. The molecule has 1 heterocycles. The zero-order chi connectivity index (χ0) is 16.1. The molecular formula is C20H24N2O. The highest BCUT2D eigenvalue weighted by atomic mass is 16.2. The molecule has 1 aliphatic heterocycles. The van der Waals surface area contributed by atoms with Crippen LogP contribution in [-0.4, -0.2) is 29.9 Å². The summed E-state index contributed by atoms with van der Waals surface area (Å²) < 4.78 is 0. The molecule has 1 N–H and O–H groups in total. The van der Waals surface area contributed by atoms with Gasteiger partial charge in [-0.05, 0) is 56.5 Å². The number of rotatable bonds is 5. The van der Waals surface area contributed by atoms with Gasteiger partial charge in [0.2, 0.25) is 5.91 Å². The summed E-state index contributed by atoms with van der Waals surface area (Å²) in [5, 5.41) is 3.13. The van der Waals surface area contributed by atoms with E-state index in [1.807, 2.05) is 43.3 Å². The molecule has 1 fully saturated rings. The molecule has 23 heavy (non-hydrogen) atoms. The zero-order valence-electron chi connectivity index (χ0n) is 13.7. The maximum atomic E-state index is 12.6. The van der Waals surface area contributed by atoms with Crippen LogP contribution in [0.2, 0.25) is 0 Å². The van der Waals surface area contributed by atoms with Crippen LogP contribution in [0.3, 0.4) is 0 Å². The van der Waals surface area contributed by atoms with Crippen molar-refractivity contribution in [2.45, 2.75) is 32.2 Å². The third-order valence-corrected chi connectivity index (χ3v) is 4.58. The third kappa shape index (κ3) is 3.99. The van der Waals surface area contributed by atoms with Crippen molar-refractivity contribution in [1.29, 1.82) is 0 Å². The van der Waals surface area contributed by atoms with Gasteiger partial charge in [0.05, 0.1) is 6.04 Å². The molecule has 0 unspecified atom stereocenters. The van der Waals surface area contributed by atoms with E-state index in [1.165, 1.54) is 18.4 Å². The lowest BCUT2D eigenvalue weighted by atomic mass is 10.0. The van der Waals surface area contributed by atoms with Crippen LogP contribution in [0, 0.1) is 0 Å². The maximum absolute atomic E-state index is 12.6. The summed E-state index contributed by atoms with van der Waals surface area (Å²) >= 11 is 0. The van der Waals surface area contributed by atoms with Crippen molar-refractivity contribution in [3.63, 3.8) is 0 Å². The third-order valence-electron chi connectivity index (χ3n) is 4.58. The van der Waals surface area contributed by atoms with Crippen LogP contribution in [0.1, 0.15) is 30.9 Å². The largest absolute Gasteiger partial charge is 0.324 e. The smallest absolute Gasteiger partial charge is 0.241 e. The van der Waals surface area contributed by atoms with Gasteiger partial charge in [0.1, 0.15) is 0 Å². The first-order chi connectivity index (χ1) is 11.2. The molecule has 3 heteroatoms. The van der Waals surface area contributed by atoms with Crippen LogP contribution in [-0.2, 0) is 11.2 Å². The van der Waals surface area contributed by atoms with Crippen molar-refractivity contribution in [1.82, 2.24) is 4.90 Å². The Bertz CT molecular complexity index is 648. The molecule has 3 nitrogen and oxygen atoms in total. The van der Waals surface area contributed by atoms with Crippen molar-refractivity contribution in [2.24, 2.45) is 0 Å². The highest BCUT2D eigenvalue weighted by Gasteiger charge is 2.24. The SMILES string of the molecule is C[C@@H](C(=O)Nc1ccccc1Cc1ccccc1)N1CCCC1. The molecular weight excluding hydrogens is 284 g/mol. The van der Waals surface area contributed by atoms with Gasteiger partial charge in [-0.1, -0.05) is 48.5 Å². The number of carbonyl (C=O) groups excluding carboxylic acids is 1. The Balaban J connectivity index is 1.71. The van der Waals surface area contributed by atoms with Gasteiger partial charge in [-0.2, -0.15) is 0 Å². The molecule has 0 radical (unpaired) electrons. The number of hydrogen-bond acceptors (Lipinski definition) is 2. The molecule has 1 amide bonds. The van der Waals surface area contributed by atoms with Gasteiger partial charge in [0.15, 0.2) is 0 Å². The predicted octanol–water partition coefficient (Wildman–Crippen LogP) is 3.70. The Hall–Kier alpha value is -2.13. The number of carbonyl (C=O) groups is 1. The van der Waals surface area contributed by atoms with Crippen LogP contribution in [0.5, 0.6) is 0 Å². The Morgan fingerprint density at radius 2 is 1.70 bits per heavy atom. The van der Waals surface area contributed by atoms with Gasteiger partial charge in [-0.25, -0.2) is 0 Å². The molecule has 0 saturated carbocycles. The molecule has 0 bridgehead atoms. The van der Waals surface area contributed by atoms with E-state index in [2.05, 4.69) is 28.4 Å². The van der Waals surface area contributed by atoms with Crippen LogP contribution in [0.4, 0.5) is 5.69 Å². The lowest BCUT2D eigenvalue weighted by Crippen LogP contribution is -2.40. The number of para-hydroxylation sites is 1. The van der Waals surface area contributed by atoms with Gasteiger partial charge in [0, 0.05) is 5.69 Å². The molecule has 0 aromatic heterocycles. The van der Waals surface area contributed by atoms with E-state index in [-0.39, 0.29) is 11.9 Å². The van der Waals surface area contributed by atoms with E-state index in [4.69, 9.17) is 0 Å². The second-order valence-corrected chi connectivity index (χ2v) is 6.23. The molecule has 1 atom stereocenters. The van der Waals surface area contributed by atoms with Crippen molar-refractivity contribution < 1.29 is 4.79 Å². The van der Waals surface area contributed by atoms with Crippen LogP contribution < -0.4 is 5.32 Å². The zero-order valence-corrected chi connectivity index (χ0v) is 13.7. The van der Waals surface area contributed by atoms with Gasteiger partial charge >= 0.3 is 0 Å². The first-order valence-corrected chi connectivity index (χ1v) is 8.41. The van der Waals surface area contributed by atoms with Gasteiger partial charge in [-0.15, -0.1) is 0 Å². The predicted molar refractivity (Wildman–Crippen MR) is 94.6 cm³/mol. The first kappa shape index (κ1) is 15.8. The quantitative estimate of drug-likeness (QED) is 0.913. The molecule has 120 valence electrons. The summed E-state index contributed by atoms with van der Waals surface area (Å²) in [4.78, 5) is 14.8. The topological polar surface area (TPSA) is 32.3 Å². The number of hydrogen-bond donors (Lipinski definition) is 1. The lowest BCUT2D eigenvalue weighted by Gasteiger charge is -2.23. The number of anilines is 1. The van der Waals surface area contributed by atoms with Crippen molar-refractivity contribution in [3.05, 3.63) is 65.7 Å². The highest BCUT2D eigenvalue weighted by Crippen LogP contribution is 2.20. The number of nitrogens with one attached hydrogen (secondary N) is 1. The minimum absolute atomic E-state index is 0.0673. The maximum Gasteiger partial charge on any atom is 0.241 e. The molecule has 2 aromatic rings. The van der Waals surface area contributed by atoms with Crippen LogP contribution in [0.15, 0.2) is 54.6 Å². The fraction of sp³-hybridized carbons (Fsp3) is 0.350. The molecule has 1 aliphatic rings. The van der Waals surface area contributed by atoms with E-state index in [0.717, 1.165) is 30.8 Å². The summed E-state index contributed by atoms with van der Waals surface area (Å²) in [6, 6.07) is 18.4. The van der Waals surface area contributed by atoms with E-state index in [0.29, 0.717) is 0 Å². The summed E-state index contributed by atoms with van der Waals surface area (Å²) in [7, 11) is 0. The van der Waals surface area contributed by atoms with Gasteiger partial charge in [0.25, 0.3) is 0 Å². The average Bonchev–Trinajstić information content (AvgIpc) is 3.11. The standard InChI is InChI=1S/C20H24N2O/c1-16(22-13-7-8-14-22)20(23)21-19-12-6-5-11-18(19)15-17-9-3-2-4-10-17/h2-6,9-12,16H,7-8,13-15H2,1H3,(H,21,23)/t16-/m0/s1. The monoisotopic (exact) mass is 308 g/mol. The summed E-state index contributed by atoms with van der Waals surface area (Å²) in [5.41, 5.74) is 3.33. The minimum atomic E-state index is -0.0673. The van der Waals surface area contributed by atoms with Crippen LogP contribution >= 0.6 is 0 Å². The second kappa shape index (κ2) is 7.42. The Morgan fingerprint density at radius 1 is 1.04 bits per heavy atom. The molecule has 2 aromatic carbocycles. The van der Waals surface area contributed by atoms with Crippen molar-refractivity contribution in [3.8, 4) is 0 Å². The Kier molecular flexibility index (Phi) is 5.09. The number of benzene rings is 2. The van der Waals surface area contributed by atoms with Gasteiger partial charge < -0.3 is 5.32 Å². The second-order valence-electron chi connectivity index (χ2n) is 6.23. The van der Waals surface area contributed by atoms with Crippen LogP contribution in [0.25, 0.3) is 0 Å². The van der Waals surface area contributed by atoms with E-state index in [9.17, 15) is 4.79 Å². The van der Waals surface area contributed by atoms with E-state index < -0.39 is 0 Å². The van der Waals surface area contributed by atoms with Gasteiger partial charge in [-0.3, -0.25) is 9.69 Å². The van der Waals surface area contributed by atoms with Crippen molar-refractivity contribution >= 4 is 11.6 Å². The highest BCUT2D eigenvalue weighted by molar-refractivity contribution is 5.95. The molecule has 1 saturated heterocycles. The van der Waals surface area contributed by atoms with E-state index >= 15 is 0 Å². The fourth-order valence-electron chi connectivity index (χ4n) is 3.14. The molecule has 0 aliphatic carbocycles. The van der Waals surface area contributed by atoms with Crippen molar-refractivity contribution in [2.75, 3.05) is 18.4 Å². The lowest BCUT2D eigenvalue weighted by molar-refractivity contribution is -0.120. The number of amides is 1. The molecule has 0 spiro atoms. The Morgan fingerprint density at radius 3 is 2.43 bits per heavy atom. The summed E-state index contributed by atoms with van der Waals surface area (Å²) in [5.74, 6) is 0.0902. The minimum Gasteiger partial charge on any atom is -0.324 e. The fourth-order valence-corrected chi connectivity index (χ4v) is 3.14. The normalized spacial score (nSPS) is 16.2. The molecule has 3 rings (SSSR count). The average molecular weight is 308 g/mol. The summed E-state index contributed by atoms with van der Waals surface area (Å²) in [6.45, 7) is 4.06. The Labute approximate surface area is 138 Å².